The van der Waals surface area contributed by atoms with E-state index in [1.807, 2.05) is 13.1 Å². The number of aryl methyl sites for hydroxylation is 1. The number of carbonyl (C=O) groups excluding carboxylic acids is 2. The Bertz CT molecular complexity index is 1840. The molecule has 9 nitrogen and oxygen atoms in total. The van der Waals surface area contributed by atoms with Gasteiger partial charge in [-0.05, 0) is 96.9 Å². The molecule has 3 N–H and O–H groups in total. The minimum absolute atomic E-state index is 0.0200. The summed E-state index contributed by atoms with van der Waals surface area (Å²) in [4.78, 5) is 38.0. The van der Waals surface area contributed by atoms with Gasteiger partial charge in [-0.25, -0.2) is 4.98 Å². The average Bonchev–Trinajstić information content (AvgIpc) is 3.56. The van der Waals surface area contributed by atoms with Gasteiger partial charge in [0.05, 0.1) is 33.9 Å². The number of anilines is 1. The Balaban J connectivity index is 1.15. The fraction of sp³-hybridized carbons (Fsp3) is 0.444. The van der Waals surface area contributed by atoms with Gasteiger partial charge in [-0.1, -0.05) is 36.2 Å². The highest BCUT2D eigenvalue weighted by Gasteiger charge is 2.46. The number of halogens is 2. The fourth-order valence-electron chi connectivity index (χ4n) is 7.21. The van der Waals surface area contributed by atoms with Crippen molar-refractivity contribution in [3.63, 3.8) is 0 Å². The second-order valence-electron chi connectivity index (χ2n) is 13.6. The van der Waals surface area contributed by atoms with Gasteiger partial charge in [-0.2, -0.15) is 0 Å². The lowest BCUT2D eigenvalue weighted by atomic mass is 9.87. The molecule has 0 radical (unpaired) electrons. The lowest BCUT2D eigenvalue weighted by Crippen LogP contribution is -2.38. The number of benzene rings is 2. The molecule has 3 fully saturated rings. The first kappa shape index (κ1) is 31.9. The summed E-state index contributed by atoms with van der Waals surface area (Å²) in [5.74, 6) is 2.55. The topological polar surface area (TPSA) is 112 Å². The fourth-order valence-corrected chi connectivity index (χ4v) is 7.78. The summed E-state index contributed by atoms with van der Waals surface area (Å²) in [5, 5.41) is 16.6. The molecular weight excluding hydrogens is 635 g/mol. The van der Waals surface area contributed by atoms with Gasteiger partial charge in [0.25, 0.3) is 11.8 Å². The first-order chi connectivity index (χ1) is 22.7. The number of aliphatic hydroxyl groups is 1. The van der Waals surface area contributed by atoms with Gasteiger partial charge < -0.3 is 25.2 Å². The van der Waals surface area contributed by atoms with Crippen LogP contribution >= 0.6 is 23.2 Å². The van der Waals surface area contributed by atoms with Gasteiger partial charge in [0.1, 0.15) is 11.5 Å². The maximum Gasteiger partial charge on any atom is 0.270 e. The monoisotopic (exact) mass is 674 g/mol. The van der Waals surface area contributed by atoms with Crippen LogP contribution in [0.25, 0.3) is 11.0 Å². The van der Waals surface area contributed by atoms with Crippen molar-refractivity contribution in [2.45, 2.75) is 64.6 Å². The number of rotatable bonds is 9. The van der Waals surface area contributed by atoms with Crippen molar-refractivity contribution in [1.29, 1.82) is 0 Å². The van der Waals surface area contributed by atoms with E-state index >= 15 is 0 Å². The Labute approximate surface area is 284 Å². The molecule has 1 aliphatic heterocycles. The van der Waals surface area contributed by atoms with Crippen LogP contribution in [0.1, 0.15) is 82.4 Å². The number of fused-ring (bicyclic) bond motifs is 2. The molecule has 4 aromatic rings. The summed E-state index contributed by atoms with van der Waals surface area (Å²) in [5.41, 5.74) is 5.62. The molecule has 11 heteroatoms. The molecule has 2 atom stereocenters. The quantitative estimate of drug-likeness (QED) is 0.199. The minimum Gasteiger partial charge on any atom is -0.392 e. The van der Waals surface area contributed by atoms with Crippen molar-refractivity contribution in [3.05, 3.63) is 86.4 Å². The number of imidazole rings is 1. The zero-order chi connectivity index (χ0) is 32.8. The number of hydrogen-bond donors (Lipinski definition) is 3. The standard InChI is InChI=1S/C36H40Cl2N6O3/c1-20-3-6-25(7-4-20)41-35(46)27-13-29-32(15-31(27)44-17-23-12-24(23)18-44)43(2)33(42-29)14-26-28(37)8-5-22(34(26)38)16-40-36(47)30-11-21(19-45)9-10-39-30/h5,8-11,13,15,20,23-25,45H,3-4,6-7,12,14,16-19H2,1-2H3,(H,40,47)(H,41,46). The molecule has 7 rings (SSSR count). The third kappa shape index (κ3) is 6.58. The van der Waals surface area contributed by atoms with Crippen LogP contribution in [0.2, 0.25) is 10.0 Å². The van der Waals surface area contributed by atoms with Crippen LogP contribution in [-0.2, 0) is 26.6 Å². The molecule has 47 heavy (non-hydrogen) atoms. The van der Waals surface area contributed by atoms with Gasteiger partial charge in [0.2, 0.25) is 0 Å². The smallest absolute Gasteiger partial charge is 0.270 e. The second kappa shape index (κ2) is 13.1. The number of amides is 2. The van der Waals surface area contributed by atoms with Gasteiger partial charge in [-0.15, -0.1) is 0 Å². The zero-order valence-corrected chi connectivity index (χ0v) is 28.2. The van der Waals surface area contributed by atoms with Crippen LogP contribution in [0.5, 0.6) is 0 Å². The normalized spacial score (nSPS) is 21.9. The number of nitrogens with one attached hydrogen (secondary N) is 2. The largest absolute Gasteiger partial charge is 0.392 e. The van der Waals surface area contributed by atoms with Crippen molar-refractivity contribution in [1.82, 2.24) is 25.2 Å². The Morgan fingerprint density at radius 2 is 1.79 bits per heavy atom. The van der Waals surface area contributed by atoms with Crippen LogP contribution in [0.4, 0.5) is 5.69 Å². The summed E-state index contributed by atoms with van der Waals surface area (Å²) in [6.45, 7) is 4.26. The van der Waals surface area contributed by atoms with Crippen LogP contribution in [-0.4, -0.2) is 50.6 Å². The first-order valence-electron chi connectivity index (χ1n) is 16.5. The summed E-state index contributed by atoms with van der Waals surface area (Å²) in [7, 11) is 1.98. The number of pyridine rings is 1. The molecule has 2 aromatic heterocycles. The van der Waals surface area contributed by atoms with Crippen molar-refractivity contribution in [2.24, 2.45) is 24.8 Å². The summed E-state index contributed by atoms with van der Waals surface area (Å²) in [6, 6.07) is 11.1. The van der Waals surface area contributed by atoms with E-state index < -0.39 is 0 Å². The number of nitrogens with zero attached hydrogens (tertiary/aromatic N) is 4. The number of aromatic nitrogens is 3. The Morgan fingerprint density at radius 1 is 1.02 bits per heavy atom. The van der Waals surface area contributed by atoms with E-state index in [2.05, 4.69) is 38.1 Å². The third-order valence-electron chi connectivity index (χ3n) is 10.3. The number of hydrogen-bond acceptors (Lipinski definition) is 6. The van der Waals surface area contributed by atoms with E-state index in [0.717, 1.165) is 73.2 Å². The SMILES string of the molecule is CC1CCC(NC(=O)c2cc3nc(Cc4c(Cl)ccc(CNC(=O)c5cc(CO)ccn5)c4Cl)n(C)c3cc2N2CC3CC3C2)CC1. The maximum atomic E-state index is 13.8. The van der Waals surface area contributed by atoms with Gasteiger partial charge in [0.15, 0.2) is 0 Å². The summed E-state index contributed by atoms with van der Waals surface area (Å²) < 4.78 is 2.06. The van der Waals surface area contributed by atoms with Gasteiger partial charge in [0, 0.05) is 50.4 Å². The molecule has 3 heterocycles. The zero-order valence-electron chi connectivity index (χ0n) is 26.7. The van der Waals surface area contributed by atoms with E-state index in [0.29, 0.717) is 44.6 Å². The Kier molecular flexibility index (Phi) is 8.89. The van der Waals surface area contributed by atoms with Crippen molar-refractivity contribution < 1.29 is 14.7 Å². The van der Waals surface area contributed by atoms with Crippen LogP contribution < -0.4 is 15.5 Å². The van der Waals surface area contributed by atoms with E-state index in [1.54, 1.807) is 24.3 Å². The average molecular weight is 676 g/mol. The van der Waals surface area contributed by atoms with E-state index in [4.69, 9.17) is 28.2 Å². The molecule has 2 saturated carbocycles. The van der Waals surface area contributed by atoms with E-state index in [9.17, 15) is 14.7 Å². The molecule has 246 valence electrons. The molecule has 1 saturated heterocycles. The Morgan fingerprint density at radius 3 is 2.53 bits per heavy atom. The lowest BCUT2D eigenvalue weighted by Gasteiger charge is -2.28. The molecule has 2 unspecified atom stereocenters. The highest BCUT2D eigenvalue weighted by molar-refractivity contribution is 6.36. The van der Waals surface area contributed by atoms with Gasteiger partial charge >= 0.3 is 0 Å². The molecular formula is C36H40Cl2N6O3. The first-order valence-corrected chi connectivity index (χ1v) is 17.3. The van der Waals surface area contributed by atoms with Crippen LogP contribution in [0.3, 0.4) is 0 Å². The van der Waals surface area contributed by atoms with Crippen LogP contribution in [0.15, 0.2) is 42.6 Å². The second-order valence-corrected chi connectivity index (χ2v) is 14.4. The van der Waals surface area contributed by atoms with Crippen molar-refractivity contribution in [2.75, 3.05) is 18.0 Å². The third-order valence-corrected chi connectivity index (χ3v) is 11.1. The summed E-state index contributed by atoms with van der Waals surface area (Å²) in [6.07, 6.45) is 7.47. The van der Waals surface area contributed by atoms with Crippen molar-refractivity contribution >= 4 is 51.7 Å². The van der Waals surface area contributed by atoms with Gasteiger partial charge in [-0.3, -0.25) is 14.6 Å². The lowest BCUT2D eigenvalue weighted by molar-refractivity contribution is 0.0921. The van der Waals surface area contributed by atoms with E-state index in [-0.39, 0.29) is 36.7 Å². The number of aliphatic hydroxyl groups excluding tert-OH is 1. The minimum atomic E-state index is -0.368. The molecule has 0 bridgehead atoms. The van der Waals surface area contributed by atoms with Crippen LogP contribution in [0, 0.1) is 17.8 Å². The molecule has 2 aliphatic carbocycles. The highest BCUT2D eigenvalue weighted by Crippen LogP contribution is 2.47. The molecule has 0 spiro atoms. The molecule has 3 aliphatic rings. The Hall–Kier alpha value is -3.66. The molecule has 2 aromatic carbocycles. The predicted octanol–water partition coefficient (Wildman–Crippen LogP) is 6.05. The molecule has 2 amide bonds. The maximum absolute atomic E-state index is 13.8. The van der Waals surface area contributed by atoms with E-state index in [1.165, 1.54) is 12.6 Å². The predicted molar refractivity (Wildman–Crippen MR) is 184 cm³/mol. The summed E-state index contributed by atoms with van der Waals surface area (Å²) >= 11 is 13.6. The highest BCUT2D eigenvalue weighted by atomic mass is 35.5. The number of piperidine rings is 1. The van der Waals surface area contributed by atoms with Crippen molar-refractivity contribution in [3.8, 4) is 0 Å². The number of carbonyl (C=O) groups is 2.